The lowest BCUT2D eigenvalue weighted by Crippen LogP contribution is -2.48. The van der Waals surface area contributed by atoms with Gasteiger partial charge < -0.3 is 15.3 Å². The first kappa shape index (κ1) is 23.1. The van der Waals surface area contributed by atoms with Crippen molar-refractivity contribution >= 4 is 35.0 Å². The highest BCUT2D eigenvalue weighted by Gasteiger charge is 2.38. The van der Waals surface area contributed by atoms with Gasteiger partial charge >= 0.3 is 0 Å². The van der Waals surface area contributed by atoms with Crippen LogP contribution in [0.4, 0.5) is 0 Å². The summed E-state index contributed by atoms with van der Waals surface area (Å²) in [5, 5.41) is 14.4. The van der Waals surface area contributed by atoms with E-state index in [9.17, 15) is 14.7 Å². The van der Waals surface area contributed by atoms with E-state index in [1.165, 1.54) is 6.07 Å². The molecule has 2 aromatic rings. The van der Waals surface area contributed by atoms with Gasteiger partial charge in [0.1, 0.15) is 0 Å². The summed E-state index contributed by atoms with van der Waals surface area (Å²) >= 11 is 11.8. The first-order valence-electron chi connectivity index (χ1n) is 10.9. The van der Waals surface area contributed by atoms with Crippen LogP contribution < -0.4 is 5.32 Å². The lowest BCUT2D eigenvalue weighted by Gasteiger charge is -2.41. The number of rotatable bonds is 5. The van der Waals surface area contributed by atoms with Crippen molar-refractivity contribution in [1.82, 2.24) is 15.1 Å². The zero-order valence-corrected chi connectivity index (χ0v) is 19.3. The van der Waals surface area contributed by atoms with Gasteiger partial charge in [0.25, 0.3) is 5.91 Å². The lowest BCUT2D eigenvalue weighted by molar-refractivity contribution is -0.129. The van der Waals surface area contributed by atoms with Gasteiger partial charge in [0.2, 0.25) is 5.91 Å². The van der Waals surface area contributed by atoms with Gasteiger partial charge in [-0.2, -0.15) is 0 Å². The van der Waals surface area contributed by atoms with Crippen molar-refractivity contribution in [2.24, 2.45) is 0 Å². The van der Waals surface area contributed by atoms with Crippen molar-refractivity contribution in [1.29, 1.82) is 0 Å². The Morgan fingerprint density at radius 3 is 2.44 bits per heavy atom. The molecule has 170 valence electrons. The van der Waals surface area contributed by atoms with E-state index in [0.29, 0.717) is 41.5 Å². The fourth-order valence-corrected chi connectivity index (χ4v) is 4.87. The summed E-state index contributed by atoms with van der Waals surface area (Å²) in [6, 6.07) is 14.7. The number of piperidine rings is 1. The van der Waals surface area contributed by atoms with Crippen LogP contribution in [0, 0.1) is 0 Å². The molecule has 1 unspecified atom stereocenters. The van der Waals surface area contributed by atoms with Crippen LogP contribution in [-0.4, -0.2) is 65.5 Å². The van der Waals surface area contributed by atoms with Crippen molar-refractivity contribution in [3.05, 3.63) is 69.7 Å². The van der Waals surface area contributed by atoms with E-state index >= 15 is 0 Å². The molecule has 2 aliphatic rings. The van der Waals surface area contributed by atoms with Gasteiger partial charge in [0, 0.05) is 37.8 Å². The van der Waals surface area contributed by atoms with Gasteiger partial charge in [0.05, 0.1) is 22.2 Å². The number of amides is 2. The maximum atomic E-state index is 12.6. The monoisotopic (exact) mass is 475 g/mol. The Morgan fingerprint density at radius 2 is 1.75 bits per heavy atom. The number of likely N-dealkylation sites (tertiary alicyclic amines) is 2. The third kappa shape index (κ3) is 5.09. The highest BCUT2D eigenvalue weighted by atomic mass is 35.5. The molecule has 2 saturated heterocycles. The molecule has 2 fully saturated rings. The largest absolute Gasteiger partial charge is 0.385 e. The van der Waals surface area contributed by atoms with Crippen molar-refractivity contribution in [2.45, 2.75) is 30.9 Å². The molecule has 1 atom stereocenters. The van der Waals surface area contributed by atoms with Gasteiger partial charge in [-0.15, -0.1) is 0 Å². The molecule has 2 amide bonds. The minimum Gasteiger partial charge on any atom is -0.385 e. The summed E-state index contributed by atoms with van der Waals surface area (Å²) in [6.07, 6.45) is 2.26. The van der Waals surface area contributed by atoms with Crippen LogP contribution >= 0.6 is 23.2 Å². The van der Waals surface area contributed by atoms with Gasteiger partial charge in [0.15, 0.2) is 0 Å². The molecule has 8 heteroatoms. The van der Waals surface area contributed by atoms with Crippen molar-refractivity contribution in [2.75, 3.05) is 32.7 Å². The molecule has 4 rings (SSSR count). The van der Waals surface area contributed by atoms with E-state index in [2.05, 4.69) is 10.2 Å². The molecule has 0 aliphatic carbocycles. The number of hydrogen-bond acceptors (Lipinski definition) is 4. The second-order valence-corrected chi connectivity index (χ2v) is 9.34. The Morgan fingerprint density at radius 1 is 1.03 bits per heavy atom. The molecule has 0 saturated carbocycles. The van der Waals surface area contributed by atoms with E-state index in [1.54, 1.807) is 17.0 Å². The Hall–Kier alpha value is -2.12. The second kappa shape index (κ2) is 9.79. The molecule has 0 spiro atoms. The molecule has 0 aromatic heterocycles. The number of halogens is 2. The van der Waals surface area contributed by atoms with Crippen molar-refractivity contribution < 1.29 is 14.7 Å². The molecule has 6 nitrogen and oxygen atoms in total. The van der Waals surface area contributed by atoms with Gasteiger partial charge in [-0.05, 0) is 43.0 Å². The van der Waals surface area contributed by atoms with Crippen LogP contribution in [0.5, 0.6) is 0 Å². The SMILES string of the molecule is O=C(NCC(=O)N1CCC(N2CCC(O)(c3ccccc3)CC2)C1)c1ccc(Cl)c(Cl)c1. The molecule has 0 bridgehead atoms. The number of benzene rings is 2. The van der Waals surface area contributed by atoms with Crippen molar-refractivity contribution in [3.8, 4) is 0 Å². The lowest BCUT2D eigenvalue weighted by atomic mass is 9.84. The molecule has 0 radical (unpaired) electrons. The summed E-state index contributed by atoms with van der Waals surface area (Å²) in [5.74, 6) is -0.456. The summed E-state index contributed by atoms with van der Waals surface area (Å²) in [6.45, 7) is 2.86. The molecule has 2 aliphatic heterocycles. The van der Waals surface area contributed by atoms with Crippen LogP contribution in [0.2, 0.25) is 10.0 Å². The molecular formula is C24H27Cl2N3O3. The van der Waals surface area contributed by atoms with E-state index in [-0.39, 0.29) is 24.4 Å². The zero-order valence-electron chi connectivity index (χ0n) is 17.8. The maximum absolute atomic E-state index is 12.6. The van der Waals surface area contributed by atoms with Gasteiger partial charge in [-0.25, -0.2) is 0 Å². The maximum Gasteiger partial charge on any atom is 0.251 e. The number of carbonyl (C=O) groups excluding carboxylic acids is 2. The fourth-order valence-electron chi connectivity index (χ4n) is 4.57. The van der Waals surface area contributed by atoms with E-state index in [1.807, 2.05) is 30.3 Å². The highest BCUT2D eigenvalue weighted by Crippen LogP contribution is 2.34. The van der Waals surface area contributed by atoms with E-state index in [4.69, 9.17) is 23.2 Å². The number of nitrogens with one attached hydrogen (secondary N) is 1. The number of hydrogen-bond donors (Lipinski definition) is 2. The Balaban J connectivity index is 1.25. The number of nitrogens with zero attached hydrogens (tertiary/aromatic N) is 2. The predicted molar refractivity (Wildman–Crippen MR) is 125 cm³/mol. The molecule has 2 aromatic carbocycles. The topological polar surface area (TPSA) is 72.9 Å². The minimum atomic E-state index is -0.777. The summed E-state index contributed by atoms with van der Waals surface area (Å²) in [4.78, 5) is 29.1. The highest BCUT2D eigenvalue weighted by molar-refractivity contribution is 6.42. The second-order valence-electron chi connectivity index (χ2n) is 8.53. The average molecular weight is 476 g/mol. The number of carbonyl (C=O) groups is 2. The van der Waals surface area contributed by atoms with Crippen molar-refractivity contribution in [3.63, 3.8) is 0 Å². The van der Waals surface area contributed by atoms with Gasteiger partial charge in [-0.1, -0.05) is 53.5 Å². The summed E-state index contributed by atoms with van der Waals surface area (Å²) in [7, 11) is 0. The van der Waals surface area contributed by atoms with Crippen LogP contribution in [0.25, 0.3) is 0 Å². The van der Waals surface area contributed by atoms with E-state index in [0.717, 1.165) is 25.1 Å². The summed E-state index contributed by atoms with van der Waals surface area (Å²) < 4.78 is 0. The molecular weight excluding hydrogens is 449 g/mol. The van der Waals surface area contributed by atoms with E-state index < -0.39 is 5.60 Å². The Bertz CT molecular complexity index is 978. The first-order valence-corrected chi connectivity index (χ1v) is 11.6. The molecule has 2 N–H and O–H groups in total. The average Bonchev–Trinajstić information content (AvgIpc) is 3.30. The first-order chi connectivity index (χ1) is 15.4. The van der Waals surface area contributed by atoms with Crippen LogP contribution in [0.15, 0.2) is 48.5 Å². The summed E-state index contributed by atoms with van der Waals surface area (Å²) in [5.41, 5.74) is 0.562. The fraction of sp³-hybridized carbons (Fsp3) is 0.417. The molecule has 2 heterocycles. The van der Waals surface area contributed by atoms with Crippen LogP contribution in [0.3, 0.4) is 0 Å². The normalized spacial score (nSPS) is 20.8. The predicted octanol–water partition coefficient (Wildman–Crippen LogP) is 3.31. The molecule has 32 heavy (non-hydrogen) atoms. The third-order valence-electron chi connectivity index (χ3n) is 6.55. The Labute approximate surface area is 198 Å². The zero-order chi connectivity index (χ0) is 22.7. The van der Waals surface area contributed by atoms with Crippen LogP contribution in [0.1, 0.15) is 35.2 Å². The smallest absolute Gasteiger partial charge is 0.251 e. The number of aliphatic hydroxyl groups is 1. The Kier molecular flexibility index (Phi) is 7.05. The van der Waals surface area contributed by atoms with Gasteiger partial charge in [-0.3, -0.25) is 14.5 Å². The third-order valence-corrected chi connectivity index (χ3v) is 7.29. The minimum absolute atomic E-state index is 0.0560. The quantitative estimate of drug-likeness (QED) is 0.695. The standard InChI is InChI=1S/C24H27Cl2N3O3/c25-20-7-6-17(14-21(20)26)23(31)27-15-22(30)29-11-8-19(16-29)28-12-9-24(32,10-13-28)18-4-2-1-3-5-18/h1-7,14,19,32H,8-13,15-16H2,(H,27,31). The van der Waals surface area contributed by atoms with Crippen LogP contribution in [-0.2, 0) is 10.4 Å².